The molecular formula is C13H16FN3O2. The van der Waals surface area contributed by atoms with E-state index >= 15 is 0 Å². The predicted octanol–water partition coefficient (Wildman–Crippen LogP) is 1.23. The Morgan fingerprint density at radius 3 is 2.58 bits per heavy atom. The highest BCUT2D eigenvalue weighted by Crippen LogP contribution is 2.07. The SMILES string of the molecule is CC(=O)NCCNC(=O)N/C=C/c1ccccc1F. The van der Waals surface area contributed by atoms with Crippen LogP contribution < -0.4 is 16.0 Å². The lowest BCUT2D eigenvalue weighted by Gasteiger charge is -2.04. The fourth-order valence-electron chi connectivity index (χ4n) is 1.28. The molecule has 0 spiro atoms. The monoisotopic (exact) mass is 265 g/mol. The predicted molar refractivity (Wildman–Crippen MR) is 70.7 cm³/mol. The van der Waals surface area contributed by atoms with Gasteiger partial charge in [-0.15, -0.1) is 0 Å². The Morgan fingerprint density at radius 2 is 1.89 bits per heavy atom. The van der Waals surface area contributed by atoms with Crippen LogP contribution in [-0.2, 0) is 4.79 Å². The van der Waals surface area contributed by atoms with Crippen LogP contribution >= 0.6 is 0 Å². The Hall–Kier alpha value is -2.37. The number of amides is 3. The molecule has 0 aliphatic carbocycles. The molecule has 0 aliphatic heterocycles. The highest BCUT2D eigenvalue weighted by atomic mass is 19.1. The van der Waals surface area contributed by atoms with Gasteiger partial charge in [-0.1, -0.05) is 18.2 Å². The van der Waals surface area contributed by atoms with Crippen LogP contribution in [0.4, 0.5) is 9.18 Å². The quantitative estimate of drug-likeness (QED) is 0.701. The second-order valence-corrected chi connectivity index (χ2v) is 3.74. The first-order valence-corrected chi connectivity index (χ1v) is 5.79. The number of carbonyl (C=O) groups excluding carboxylic acids is 2. The molecule has 0 heterocycles. The minimum absolute atomic E-state index is 0.151. The van der Waals surface area contributed by atoms with Gasteiger partial charge in [0.2, 0.25) is 5.91 Å². The van der Waals surface area contributed by atoms with Gasteiger partial charge >= 0.3 is 6.03 Å². The summed E-state index contributed by atoms with van der Waals surface area (Å²) in [5, 5.41) is 7.51. The average molecular weight is 265 g/mol. The maximum absolute atomic E-state index is 13.2. The van der Waals surface area contributed by atoms with Crippen molar-refractivity contribution in [1.29, 1.82) is 0 Å². The molecule has 5 nitrogen and oxygen atoms in total. The van der Waals surface area contributed by atoms with Gasteiger partial charge in [0.1, 0.15) is 5.82 Å². The standard InChI is InChI=1S/C13H16FN3O2/c1-10(18)15-8-9-17-13(19)16-7-6-11-4-2-3-5-12(11)14/h2-7H,8-9H2,1H3,(H,15,18)(H2,16,17,19)/b7-6+. The van der Waals surface area contributed by atoms with Crippen LogP contribution in [0.2, 0.25) is 0 Å². The summed E-state index contributed by atoms with van der Waals surface area (Å²) in [6, 6.07) is 5.82. The Morgan fingerprint density at radius 1 is 1.21 bits per heavy atom. The first-order chi connectivity index (χ1) is 9.09. The van der Waals surface area contributed by atoms with Gasteiger partial charge in [-0.25, -0.2) is 9.18 Å². The molecule has 0 fully saturated rings. The molecule has 1 rings (SSSR count). The van der Waals surface area contributed by atoms with Crippen LogP contribution in [-0.4, -0.2) is 25.0 Å². The molecular weight excluding hydrogens is 249 g/mol. The number of carbonyl (C=O) groups is 2. The number of hydrogen-bond acceptors (Lipinski definition) is 2. The molecule has 0 aliphatic rings. The lowest BCUT2D eigenvalue weighted by Crippen LogP contribution is -2.37. The Kier molecular flexibility index (Phi) is 6.08. The normalized spacial score (nSPS) is 10.2. The summed E-state index contributed by atoms with van der Waals surface area (Å²) in [6.07, 6.45) is 2.81. The van der Waals surface area contributed by atoms with Gasteiger partial charge in [0.05, 0.1) is 0 Å². The fourth-order valence-corrected chi connectivity index (χ4v) is 1.28. The molecule has 1 aromatic carbocycles. The third-order valence-corrected chi connectivity index (χ3v) is 2.17. The van der Waals surface area contributed by atoms with Gasteiger partial charge in [0.25, 0.3) is 0 Å². The second-order valence-electron chi connectivity index (χ2n) is 3.74. The van der Waals surface area contributed by atoms with Crippen molar-refractivity contribution >= 4 is 18.0 Å². The minimum atomic E-state index is -0.419. The topological polar surface area (TPSA) is 70.2 Å². The van der Waals surface area contributed by atoms with Crippen molar-refractivity contribution in [2.24, 2.45) is 0 Å². The van der Waals surface area contributed by atoms with E-state index in [-0.39, 0.29) is 11.7 Å². The molecule has 0 bridgehead atoms. The number of halogens is 1. The number of hydrogen-bond donors (Lipinski definition) is 3. The highest BCUT2D eigenvalue weighted by molar-refractivity contribution is 5.76. The van der Waals surface area contributed by atoms with Gasteiger partial charge in [0, 0.05) is 31.8 Å². The van der Waals surface area contributed by atoms with Crippen molar-refractivity contribution in [2.75, 3.05) is 13.1 Å². The Balaban J connectivity index is 2.27. The molecule has 0 saturated heterocycles. The summed E-state index contributed by atoms with van der Waals surface area (Å²) in [4.78, 5) is 21.8. The van der Waals surface area contributed by atoms with E-state index in [4.69, 9.17) is 0 Å². The van der Waals surface area contributed by atoms with E-state index in [1.807, 2.05) is 0 Å². The van der Waals surface area contributed by atoms with Crippen molar-refractivity contribution in [2.45, 2.75) is 6.92 Å². The molecule has 0 aromatic heterocycles. The molecule has 3 amide bonds. The van der Waals surface area contributed by atoms with Gasteiger partial charge < -0.3 is 16.0 Å². The van der Waals surface area contributed by atoms with Crippen molar-refractivity contribution in [3.05, 3.63) is 41.8 Å². The maximum Gasteiger partial charge on any atom is 0.318 e. The van der Waals surface area contributed by atoms with Gasteiger partial charge in [-0.3, -0.25) is 4.79 Å². The third kappa shape index (κ3) is 6.21. The van der Waals surface area contributed by atoms with Crippen molar-refractivity contribution in [1.82, 2.24) is 16.0 Å². The van der Waals surface area contributed by atoms with Crippen LogP contribution in [0.25, 0.3) is 6.08 Å². The Labute approximate surface area is 110 Å². The van der Waals surface area contributed by atoms with E-state index in [1.54, 1.807) is 18.2 Å². The molecule has 1 aromatic rings. The van der Waals surface area contributed by atoms with Gasteiger partial charge in [-0.05, 0) is 12.1 Å². The number of urea groups is 1. The first kappa shape index (κ1) is 14.7. The van der Waals surface area contributed by atoms with Crippen LogP contribution in [0.5, 0.6) is 0 Å². The molecule has 3 N–H and O–H groups in total. The Bertz CT molecular complexity index is 475. The summed E-state index contributed by atoms with van der Waals surface area (Å²) in [7, 11) is 0. The first-order valence-electron chi connectivity index (χ1n) is 5.79. The van der Waals surface area contributed by atoms with Gasteiger partial charge in [0.15, 0.2) is 0 Å². The molecule has 102 valence electrons. The van der Waals surface area contributed by atoms with E-state index < -0.39 is 6.03 Å². The minimum Gasteiger partial charge on any atom is -0.355 e. The van der Waals surface area contributed by atoms with Crippen molar-refractivity contribution < 1.29 is 14.0 Å². The molecule has 0 saturated carbocycles. The zero-order chi connectivity index (χ0) is 14.1. The molecule has 19 heavy (non-hydrogen) atoms. The fraction of sp³-hybridized carbons (Fsp3) is 0.231. The van der Waals surface area contributed by atoms with Crippen molar-refractivity contribution in [3.8, 4) is 0 Å². The maximum atomic E-state index is 13.2. The molecule has 0 unspecified atom stereocenters. The summed E-state index contributed by atoms with van der Waals surface area (Å²) in [5.41, 5.74) is 0.390. The summed E-state index contributed by atoms with van der Waals surface area (Å²) in [5.74, 6) is -0.506. The number of rotatable bonds is 5. The van der Waals surface area contributed by atoms with E-state index in [0.717, 1.165) is 0 Å². The van der Waals surface area contributed by atoms with E-state index in [0.29, 0.717) is 18.7 Å². The smallest absolute Gasteiger partial charge is 0.318 e. The highest BCUT2D eigenvalue weighted by Gasteiger charge is 1.98. The van der Waals surface area contributed by atoms with E-state index in [1.165, 1.54) is 25.3 Å². The van der Waals surface area contributed by atoms with E-state index in [2.05, 4.69) is 16.0 Å². The van der Waals surface area contributed by atoms with Crippen LogP contribution in [0.1, 0.15) is 12.5 Å². The number of benzene rings is 1. The largest absolute Gasteiger partial charge is 0.355 e. The average Bonchev–Trinajstić information content (AvgIpc) is 2.37. The van der Waals surface area contributed by atoms with Crippen molar-refractivity contribution in [3.63, 3.8) is 0 Å². The summed E-state index contributed by atoms with van der Waals surface area (Å²) in [6.45, 7) is 2.08. The van der Waals surface area contributed by atoms with Crippen LogP contribution in [0.15, 0.2) is 30.5 Å². The summed E-state index contributed by atoms with van der Waals surface area (Å²) >= 11 is 0. The third-order valence-electron chi connectivity index (χ3n) is 2.17. The molecule has 6 heteroatoms. The summed E-state index contributed by atoms with van der Waals surface area (Å²) < 4.78 is 13.2. The zero-order valence-corrected chi connectivity index (χ0v) is 10.6. The molecule has 0 radical (unpaired) electrons. The molecule has 0 atom stereocenters. The zero-order valence-electron chi connectivity index (χ0n) is 10.6. The van der Waals surface area contributed by atoms with Crippen LogP contribution in [0, 0.1) is 5.82 Å². The van der Waals surface area contributed by atoms with E-state index in [9.17, 15) is 14.0 Å². The van der Waals surface area contributed by atoms with Gasteiger partial charge in [-0.2, -0.15) is 0 Å². The lowest BCUT2D eigenvalue weighted by atomic mass is 10.2. The van der Waals surface area contributed by atoms with Crippen LogP contribution in [0.3, 0.4) is 0 Å². The second kappa shape index (κ2) is 7.86. The number of nitrogens with one attached hydrogen (secondary N) is 3. The lowest BCUT2D eigenvalue weighted by molar-refractivity contribution is -0.118.